The fourth-order valence-electron chi connectivity index (χ4n) is 2.59. The van der Waals surface area contributed by atoms with E-state index in [2.05, 4.69) is 5.32 Å². The molecular weight excluding hydrogens is 220 g/mol. The molecule has 0 saturated heterocycles. The first kappa shape index (κ1) is 12.4. The Morgan fingerprint density at radius 1 is 1.41 bits per heavy atom. The van der Waals surface area contributed by atoms with Crippen LogP contribution in [0.2, 0.25) is 0 Å². The Kier molecular flexibility index (Phi) is 3.12. The molecule has 0 heterocycles. The molecule has 17 heavy (non-hydrogen) atoms. The van der Waals surface area contributed by atoms with Crippen LogP contribution < -0.4 is 11.1 Å². The van der Waals surface area contributed by atoms with E-state index in [0.29, 0.717) is 0 Å². The minimum Gasteiger partial charge on any atom is -0.480 e. The Hall–Kier alpha value is -1.10. The van der Waals surface area contributed by atoms with Crippen molar-refractivity contribution in [2.75, 3.05) is 0 Å². The van der Waals surface area contributed by atoms with Gasteiger partial charge >= 0.3 is 5.97 Å². The van der Waals surface area contributed by atoms with E-state index in [4.69, 9.17) is 10.8 Å². The molecule has 2 fully saturated rings. The van der Waals surface area contributed by atoms with Crippen LogP contribution >= 0.6 is 0 Å². The van der Waals surface area contributed by atoms with Gasteiger partial charge in [0.15, 0.2) is 0 Å². The second kappa shape index (κ2) is 4.29. The van der Waals surface area contributed by atoms with Crippen LogP contribution in [0.25, 0.3) is 0 Å². The summed E-state index contributed by atoms with van der Waals surface area (Å²) in [5.41, 5.74) is 5.35. The topological polar surface area (TPSA) is 92.4 Å². The summed E-state index contributed by atoms with van der Waals surface area (Å²) in [6.07, 6.45) is 4.30. The first-order chi connectivity index (χ1) is 7.95. The molecule has 5 heteroatoms. The minimum absolute atomic E-state index is 0.109. The molecule has 0 radical (unpaired) electrons. The van der Waals surface area contributed by atoms with Crippen molar-refractivity contribution in [1.29, 1.82) is 0 Å². The molecular formula is C12H20N2O3. The molecule has 3 unspecified atom stereocenters. The van der Waals surface area contributed by atoms with Gasteiger partial charge < -0.3 is 16.2 Å². The van der Waals surface area contributed by atoms with Crippen molar-refractivity contribution in [3.8, 4) is 0 Å². The van der Waals surface area contributed by atoms with Crippen LogP contribution in [0.1, 0.15) is 39.0 Å². The molecule has 96 valence electrons. The average molecular weight is 240 g/mol. The summed E-state index contributed by atoms with van der Waals surface area (Å²) < 4.78 is 0. The maximum absolute atomic E-state index is 12.2. The third-order valence-corrected chi connectivity index (χ3v) is 4.19. The Morgan fingerprint density at radius 2 is 2.06 bits per heavy atom. The van der Waals surface area contributed by atoms with Crippen molar-refractivity contribution >= 4 is 11.9 Å². The van der Waals surface area contributed by atoms with E-state index >= 15 is 0 Å². The number of amides is 1. The zero-order chi connectivity index (χ0) is 12.6. The molecule has 4 N–H and O–H groups in total. The molecule has 3 atom stereocenters. The maximum Gasteiger partial charge on any atom is 0.326 e. The second-order valence-corrected chi connectivity index (χ2v) is 5.54. The maximum atomic E-state index is 12.2. The quantitative estimate of drug-likeness (QED) is 0.666. The molecule has 2 rings (SSSR count). The van der Waals surface area contributed by atoms with E-state index in [0.717, 1.165) is 32.1 Å². The highest BCUT2D eigenvalue weighted by atomic mass is 16.4. The van der Waals surface area contributed by atoms with Crippen LogP contribution in [0, 0.1) is 11.3 Å². The van der Waals surface area contributed by atoms with Gasteiger partial charge in [0, 0.05) is 6.04 Å². The Balaban J connectivity index is 2.02. The van der Waals surface area contributed by atoms with Gasteiger partial charge in [-0.2, -0.15) is 0 Å². The largest absolute Gasteiger partial charge is 0.480 e. The van der Waals surface area contributed by atoms with Crippen LogP contribution in [0.5, 0.6) is 0 Å². The number of rotatable bonds is 4. The number of nitrogens with two attached hydrogens (primary N) is 1. The standard InChI is InChI=1S/C12H20N2O3/c1-12(6-2-3-8(12)13)11(17)14-9(10(15)16)7-4-5-7/h7-9H,2-6,13H2,1H3,(H,14,17)(H,15,16). The number of hydrogen-bond acceptors (Lipinski definition) is 3. The first-order valence-corrected chi connectivity index (χ1v) is 6.24. The van der Waals surface area contributed by atoms with E-state index in [9.17, 15) is 9.59 Å². The number of nitrogens with one attached hydrogen (secondary N) is 1. The monoisotopic (exact) mass is 240 g/mol. The van der Waals surface area contributed by atoms with Crippen LogP contribution in [0.3, 0.4) is 0 Å². The van der Waals surface area contributed by atoms with Crippen molar-refractivity contribution in [2.45, 2.75) is 51.1 Å². The van der Waals surface area contributed by atoms with Crippen LogP contribution in [-0.2, 0) is 9.59 Å². The molecule has 0 bridgehead atoms. The lowest BCUT2D eigenvalue weighted by Crippen LogP contribution is -2.52. The van der Waals surface area contributed by atoms with E-state index in [1.54, 1.807) is 0 Å². The van der Waals surface area contributed by atoms with Gasteiger partial charge in [-0.3, -0.25) is 4.79 Å². The van der Waals surface area contributed by atoms with Crippen molar-refractivity contribution in [1.82, 2.24) is 5.32 Å². The van der Waals surface area contributed by atoms with Crippen molar-refractivity contribution in [3.05, 3.63) is 0 Å². The average Bonchev–Trinajstić information content (AvgIpc) is 3.03. The van der Waals surface area contributed by atoms with Crippen LogP contribution in [0.15, 0.2) is 0 Å². The molecule has 2 saturated carbocycles. The molecule has 0 spiro atoms. The lowest BCUT2D eigenvalue weighted by atomic mass is 9.84. The lowest BCUT2D eigenvalue weighted by Gasteiger charge is -2.29. The third-order valence-electron chi connectivity index (χ3n) is 4.19. The SMILES string of the molecule is CC1(C(=O)NC(C(=O)O)C2CC2)CCCC1N. The summed E-state index contributed by atoms with van der Waals surface area (Å²) in [7, 11) is 0. The number of aliphatic carboxylic acids is 1. The highest BCUT2D eigenvalue weighted by Crippen LogP contribution is 2.38. The van der Waals surface area contributed by atoms with Crippen molar-refractivity contribution in [3.63, 3.8) is 0 Å². The van der Waals surface area contributed by atoms with Gasteiger partial charge in [0.05, 0.1) is 5.41 Å². The predicted octanol–water partition coefficient (Wildman–Crippen LogP) is 0.483. The molecule has 2 aliphatic carbocycles. The summed E-state index contributed by atoms with van der Waals surface area (Å²) in [5, 5.41) is 11.8. The van der Waals surface area contributed by atoms with Crippen molar-refractivity contribution < 1.29 is 14.7 Å². The molecule has 0 aromatic carbocycles. The molecule has 1 amide bonds. The predicted molar refractivity (Wildman–Crippen MR) is 62.2 cm³/mol. The van der Waals surface area contributed by atoms with E-state index in [1.807, 2.05) is 6.92 Å². The molecule has 2 aliphatic rings. The van der Waals surface area contributed by atoms with Gasteiger partial charge in [0.2, 0.25) is 5.91 Å². The normalized spacial score (nSPS) is 34.4. The van der Waals surface area contributed by atoms with Gasteiger partial charge in [-0.15, -0.1) is 0 Å². The zero-order valence-electron chi connectivity index (χ0n) is 10.1. The summed E-state index contributed by atoms with van der Waals surface area (Å²) in [6, 6.07) is -0.886. The number of carbonyl (C=O) groups is 2. The molecule has 0 aromatic heterocycles. The number of carbonyl (C=O) groups excluding carboxylic acids is 1. The molecule has 5 nitrogen and oxygen atoms in total. The molecule has 0 aliphatic heterocycles. The number of carboxylic acid groups (broad SMARTS) is 1. The Morgan fingerprint density at radius 3 is 2.47 bits per heavy atom. The summed E-state index contributed by atoms with van der Waals surface area (Å²) >= 11 is 0. The van der Waals surface area contributed by atoms with Gasteiger partial charge in [-0.25, -0.2) is 4.79 Å². The van der Waals surface area contributed by atoms with Crippen LogP contribution in [-0.4, -0.2) is 29.1 Å². The Bertz CT molecular complexity index is 341. The fraction of sp³-hybridized carbons (Fsp3) is 0.833. The number of carboxylic acids is 1. The minimum atomic E-state index is -0.934. The van der Waals surface area contributed by atoms with Gasteiger partial charge in [0.25, 0.3) is 0 Å². The van der Waals surface area contributed by atoms with Gasteiger partial charge in [-0.1, -0.05) is 6.42 Å². The summed E-state index contributed by atoms with van der Waals surface area (Å²) in [5.74, 6) is -1.02. The lowest BCUT2D eigenvalue weighted by molar-refractivity contribution is -0.144. The van der Waals surface area contributed by atoms with Crippen molar-refractivity contribution in [2.24, 2.45) is 17.1 Å². The highest BCUT2D eigenvalue weighted by Gasteiger charge is 2.46. The molecule has 0 aromatic rings. The summed E-state index contributed by atoms with van der Waals surface area (Å²) in [4.78, 5) is 23.2. The van der Waals surface area contributed by atoms with Gasteiger partial charge in [-0.05, 0) is 38.5 Å². The first-order valence-electron chi connectivity index (χ1n) is 6.24. The zero-order valence-corrected chi connectivity index (χ0v) is 10.1. The third kappa shape index (κ3) is 2.29. The van der Waals surface area contributed by atoms with Gasteiger partial charge in [0.1, 0.15) is 6.04 Å². The Labute approximate surface area is 101 Å². The smallest absolute Gasteiger partial charge is 0.326 e. The summed E-state index contributed by atoms with van der Waals surface area (Å²) in [6.45, 7) is 1.84. The highest BCUT2D eigenvalue weighted by molar-refractivity contribution is 5.88. The van der Waals surface area contributed by atoms with E-state index in [1.165, 1.54) is 0 Å². The van der Waals surface area contributed by atoms with Crippen LogP contribution in [0.4, 0.5) is 0 Å². The van der Waals surface area contributed by atoms with E-state index < -0.39 is 17.4 Å². The fourth-order valence-corrected chi connectivity index (χ4v) is 2.59. The second-order valence-electron chi connectivity index (χ2n) is 5.54. The van der Waals surface area contributed by atoms with E-state index in [-0.39, 0.29) is 17.9 Å². The number of hydrogen-bond donors (Lipinski definition) is 3.